The number of halogens is 1. The van der Waals surface area contributed by atoms with Crippen LogP contribution in [0.3, 0.4) is 0 Å². The van der Waals surface area contributed by atoms with E-state index >= 15 is 0 Å². The van der Waals surface area contributed by atoms with Crippen molar-refractivity contribution in [2.75, 3.05) is 25.5 Å². The van der Waals surface area contributed by atoms with Gasteiger partial charge >= 0.3 is 0 Å². The van der Waals surface area contributed by atoms with Gasteiger partial charge in [-0.3, -0.25) is 0 Å². The van der Waals surface area contributed by atoms with Crippen molar-refractivity contribution in [2.45, 2.75) is 29.0 Å². The number of rotatable bonds is 6. The predicted molar refractivity (Wildman–Crippen MR) is 133 cm³/mol. The van der Waals surface area contributed by atoms with Crippen LogP contribution in [0.2, 0.25) is 5.02 Å². The third kappa shape index (κ3) is 4.93. The molecule has 7 nitrogen and oxygen atoms in total. The van der Waals surface area contributed by atoms with Gasteiger partial charge in [0.1, 0.15) is 24.0 Å². The molecule has 1 N–H and O–H groups in total. The van der Waals surface area contributed by atoms with E-state index < -0.39 is 0 Å². The van der Waals surface area contributed by atoms with Crippen LogP contribution in [0.15, 0.2) is 65.2 Å². The van der Waals surface area contributed by atoms with Crippen LogP contribution in [-0.2, 0) is 7.05 Å². The van der Waals surface area contributed by atoms with Crippen molar-refractivity contribution < 1.29 is 4.74 Å². The summed E-state index contributed by atoms with van der Waals surface area (Å²) in [6, 6.07) is 11.8. The summed E-state index contributed by atoms with van der Waals surface area (Å²) >= 11 is 8.13. The third-order valence-corrected chi connectivity index (χ3v) is 7.33. The fourth-order valence-electron chi connectivity index (χ4n) is 3.90. The molecular weight excluding hydrogens is 456 g/mol. The summed E-state index contributed by atoms with van der Waals surface area (Å²) in [5.41, 5.74) is 1.68. The van der Waals surface area contributed by atoms with Gasteiger partial charge in [-0.2, -0.15) is 0 Å². The fraction of sp³-hybridized carbons (Fsp3) is 0.292. The van der Waals surface area contributed by atoms with E-state index in [1.54, 1.807) is 12.5 Å². The Morgan fingerprint density at radius 1 is 1.09 bits per heavy atom. The van der Waals surface area contributed by atoms with E-state index in [2.05, 4.69) is 32.2 Å². The van der Waals surface area contributed by atoms with Gasteiger partial charge in [-0.1, -0.05) is 29.4 Å². The molecule has 4 aromatic rings. The molecule has 1 aliphatic heterocycles. The van der Waals surface area contributed by atoms with Gasteiger partial charge in [-0.15, -0.1) is 0 Å². The molecule has 0 atom stereocenters. The number of fused-ring (bicyclic) bond motifs is 1. The van der Waals surface area contributed by atoms with Crippen LogP contribution in [0, 0.1) is 0 Å². The molecule has 0 radical (unpaired) electrons. The molecule has 1 aliphatic rings. The lowest BCUT2D eigenvalue weighted by Crippen LogP contribution is -2.35. The number of hydrogen-bond acceptors (Lipinski definition) is 7. The van der Waals surface area contributed by atoms with Gasteiger partial charge in [0.2, 0.25) is 0 Å². The highest BCUT2D eigenvalue weighted by Crippen LogP contribution is 2.36. The number of ether oxygens (including phenoxy) is 1. The van der Waals surface area contributed by atoms with Crippen molar-refractivity contribution in [1.82, 2.24) is 24.4 Å². The largest absolute Gasteiger partial charge is 0.489 e. The van der Waals surface area contributed by atoms with Gasteiger partial charge in [0.25, 0.3) is 0 Å². The van der Waals surface area contributed by atoms with Crippen molar-refractivity contribution >= 4 is 45.8 Å². The Morgan fingerprint density at radius 3 is 2.70 bits per heavy atom. The second-order valence-corrected chi connectivity index (χ2v) is 9.60. The number of hydrogen-bond donors (Lipinski definition) is 1. The van der Waals surface area contributed by atoms with Crippen molar-refractivity contribution in [3.63, 3.8) is 0 Å². The normalized spacial score (nSPS) is 15.1. The van der Waals surface area contributed by atoms with E-state index in [4.69, 9.17) is 16.3 Å². The molecule has 3 heterocycles. The van der Waals surface area contributed by atoms with E-state index in [9.17, 15) is 0 Å². The van der Waals surface area contributed by atoms with E-state index in [0.29, 0.717) is 10.8 Å². The number of benzene rings is 2. The Labute approximate surface area is 202 Å². The second kappa shape index (κ2) is 9.59. The van der Waals surface area contributed by atoms with Gasteiger partial charge in [0.15, 0.2) is 5.16 Å². The van der Waals surface area contributed by atoms with E-state index in [-0.39, 0.29) is 6.10 Å². The first-order valence-electron chi connectivity index (χ1n) is 10.9. The summed E-state index contributed by atoms with van der Waals surface area (Å²) in [4.78, 5) is 16.6. The highest BCUT2D eigenvalue weighted by Gasteiger charge is 2.20. The summed E-state index contributed by atoms with van der Waals surface area (Å²) in [6.45, 7) is 2.08. The average Bonchev–Trinajstić information content (AvgIpc) is 3.22. The van der Waals surface area contributed by atoms with Crippen LogP contribution in [0.5, 0.6) is 5.75 Å². The summed E-state index contributed by atoms with van der Waals surface area (Å²) < 4.78 is 8.39. The molecule has 33 heavy (non-hydrogen) atoms. The lowest BCUT2D eigenvalue weighted by Gasteiger charge is -2.29. The first kappa shape index (κ1) is 22.0. The van der Waals surface area contributed by atoms with Crippen LogP contribution in [0.1, 0.15) is 12.8 Å². The van der Waals surface area contributed by atoms with Crippen LogP contribution in [0.4, 0.5) is 11.5 Å². The molecule has 0 aliphatic carbocycles. The maximum Gasteiger partial charge on any atom is 0.172 e. The number of imidazole rings is 1. The third-order valence-electron chi connectivity index (χ3n) is 5.76. The van der Waals surface area contributed by atoms with Gasteiger partial charge in [0.05, 0.1) is 15.9 Å². The minimum atomic E-state index is 0.191. The molecule has 1 saturated heterocycles. The first-order valence-corrected chi connectivity index (χ1v) is 12.1. The Balaban J connectivity index is 1.40. The highest BCUT2D eigenvalue weighted by molar-refractivity contribution is 7.99. The van der Waals surface area contributed by atoms with E-state index in [1.165, 1.54) is 11.8 Å². The summed E-state index contributed by atoms with van der Waals surface area (Å²) in [5.74, 6) is 1.50. The molecule has 1 fully saturated rings. The Bertz CT molecular complexity index is 1270. The van der Waals surface area contributed by atoms with Crippen LogP contribution < -0.4 is 10.1 Å². The smallest absolute Gasteiger partial charge is 0.172 e. The van der Waals surface area contributed by atoms with Crippen LogP contribution >= 0.6 is 23.4 Å². The zero-order chi connectivity index (χ0) is 22.8. The van der Waals surface area contributed by atoms with Crippen molar-refractivity contribution in [3.8, 4) is 5.75 Å². The molecule has 0 unspecified atom stereocenters. The van der Waals surface area contributed by atoms with Gasteiger partial charge in [-0.05, 0) is 50.2 Å². The van der Waals surface area contributed by atoms with Crippen LogP contribution in [0.25, 0.3) is 10.9 Å². The molecular formula is C24H25ClN6OS. The highest BCUT2D eigenvalue weighted by atomic mass is 35.5. The number of piperidine rings is 1. The standard InChI is InChI=1S/C24H25ClN6OS/c1-30-11-8-17(9-12-30)32-20-5-3-4-19-22(20)23(28-15-27-19)29-16-6-7-21(18(25)14-16)33-24-26-10-13-31(24)2/h3-7,10,13-15,17H,8-9,11-12H2,1-2H3,(H,27,28,29). The van der Waals surface area contributed by atoms with Crippen molar-refractivity contribution in [2.24, 2.45) is 7.05 Å². The second-order valence-electron chi connectivity index (χ2n) is 8.19. The lowest BCUT2D eigenvalue weighted by molar-refractivity contribution is 0.116. The average molecular weight is 481 g/mol. The van der Waals surface area contributed by atoms with Crippen molar-refractivity contribution in [1.29, 1.82) is 0 Å². The Hall–Kier alpha value is -2.81. The van der Waals surface area contributed by atoms with E-state index in [1.807, 2.05) is 54.2 Å². The first-order chi connectivity index (χ1) is 16.1. The molecule has 2 aromatic heterocycles. The maximum atomic E-state index is 6.60. The molecule has 0 spiro atoms. The molecule has 2 aromatic carbocycles. The molecule has 0 bridgehead atoms. The number of aryl methyl sites for hydroxylation is 1. The van der Waals surface area contributed by atoms with Crippen LogP contribution in [-0.4, -0.2) is 50.7 Å². The van der Waals surface area contributed by atoms with Gasteiger partial charge < -0.3 is 19.5 Å². The van der Waals surface area contributed by atoms with Gasteiger partial charge in [-0.25, -0.2) is 15.0 Å². The zero-order valence-corrected chi connectivity index (χ0v) is 20.1. The van der Waals surface area contributed by atoms with E-state index in [0.717, 1.165) is 58.3 Å². The molecule has 0 saturated carbocycles. The molecule has 5 rings (SSSR count). The number of aromatic nitrogens is 4. The zero-order valence-electron chi connectivity index (χ0n) is 18.5. The molecule has 0 amide bonds. The number of nitrogens with zero attached hydrogens (tertiary/aromatic N) is 5. The predicted octanol–water partition coefficient (Wildman–Crippen LogP) is 5.38. The SMILES string of the molecule is CN1CCC(Oc2cccc3ncnc(Nc4ccc(Sc5nccn5C)c(Cl)c4)c23)CC1. The Morgan fingerprint density at radius 2 is 1.94 bits per heavy atom. The number of nitrogens with one attached hydrogen (secondary N) is 1. The molecule has 170 valence electrons. The summed E-state index contributed by atoms with van der Waals surface area (Å²) in [6.07, 6.45) is 7.46. The summed E-state index contributed by atoms with van der Waals surface area (Å²) in [7, 11) is 4.11. The minimum absolute atomic E-state index is 0.191. The van der Waals surface area contributed by atoms with Gasteiger partial charge in [0, 0.05) is 43.1 Å². The van der Waals surface area contributed by atoms with Crippen molar-refractivity contribution in [3.05, 3.63) is 60.1 Å². The topological polar surface area (TPSA) is 68.1 Å². The monoisotopic (exact) mass is 480 g/mol. The molecule has 9 heteroatoms. The Kier molecular flexibility index (Phi) is 6.39. The lowest BCUT2D eigenvalue weighted by atomic mass is 10.1. The fourth-order valence-corrected chi connectivity index (χ4v) is 5.00. The summed E-state index contributed by atoms with van der Waals surface area (Å²) in [5, 5.41) is 5.82. The number of likely N-dealkylation sites (tertiary alicyclic amines) is 1. The quantitative estimate of drug-likeness (QED) is 0.397. The maximum absolute atomic E-state index is 6.60. The number of anilines is 2. The minimum Gasteiger partial charge on any atom is -0.489 e.